The summed E-state index contributed by atoms with van der Waals surface area (Å²) >= 11 is 0. The van der Waals surface area contributed by atoms with Gasteiger partial charge in [-0.25, -0.2) is 4.79 Å². The molecular formula is C7H15N3O. The van der Waals surface area contributed by atoms with Crippen LogP contribution in [-0.4, -0.2) is 37.1 Å². The first-order valence-electron chi connectivity index (χ1n) is 3.79. The highest BCUT2D eigenvalue weighted by atomic mass is 16.2. The highest BCUT2D eigenvalue weighted by Crippen LogP contribution is 2.33. The fourth-order valence-corrected chi connectivity index (χ4v) is 0.870. The normalized spacial score (nSPS) is 19.2. The number of carbonyl (C=O) groups is 1. The Labute approximate surface area is 66.7 Å². The van der Waals surface area contributed by atoms with E-state index in [9.17, 15) is 4.79 Å². The van der Waals surface area contributed by atoms with Gasteiger partial charge < -0.3 is 16.0 Å². The van der Waals surface area contributed by atoms with Crippen molar-refractivity contribution in [2.45, 2.75) is 18.4 Å². The first-order chi connectivity index (χ1) is 5.09. The van der Waals surface area contributed by atoms with Gasteiger partial charge in [-0.15, -0.1) is 0 Å². The number of rotatable bonds is 2. The quantitative estimate of drug-likeness (QED) is 0.580. The Balaban J connectivity index is 2.36. The van der Waals surface area contributed by atoms with E-state index in [4.69, 9.17) is 5.73 Å². The first kappa shape index (κ1) is 8.33. The maximum absolute atomic E-state index is 11.1. The lowest BCUT2D eigenvalue weighted by atomic mass is 10.3. The summed E-state index contributed by atoms with van der Waals surface area (Å²) in [5, 5.41) is 2.88. The van der Waals surface area contributed by atoms with Gasteiger partial charge in [-0.05, 0) is 12.8 Å². The maximum atomic E-state index is 11.1. The molecule has 0 atom stereocenters. The summed E-state index contributed by atoms with van der Waals surface area (Å²) in [7, 11) is 3.45. The minimum Gasteiger partial charge on any atom is -0.331 e. The summed E-state index contributed by atoms with van der Waals surface area (Å²) in [4.78, 5) is 12.6. The smallest absolute Gasteiger partial charge is 0.317 e. The lowest BCUT2D eigenvalue weighted by molar-refractivity contribution is 0.212. The van der Waals surface area contributed by atoms with Gasteiger partial charge in [-0.3, -0.25) is 0 Å². The number of hydrogen-bond donors (Lipinski definition) is 2. The molecule has 0 heterocycles. The molecule has 4 nitrogen and oxygen atoms in total. The van der Waals surface area contributed by atoms with Crippen LogP contribution in [0.3, 0.4) is 0 Å². The van der Waals surface area contributed by atoms with Gasteiger partial charge in [0, 0.05) is 20.6 Å². The number of urea groups is 1. The molecule has 1 saturated carbocycles. The van der Waals surface area contributed by atoms with E-state index in [1.807, 2.05) is 0 Å². The first-order valence-corrected chi connectivity index (χ1v) is 3.79. The van der Waals surface area contributed by atoms with E-state index < -0.39 is 0 Å². The Bertz CT molecular complexity index is 163. The van der Waals surface area contributed by atoms with Gasteiger partial charge in [0.2, 0.25) is 0 Å². The van der Waals surface area contributed by atoms with Crippen molar-refractivity contribution in [2.75, 3.05) is 20.6 Å². The number of nitrogens with two attached hydrogens (primary N) is 1. The van der Waals surface area contributed by atoms with E-state index in [1.54, 1.807) is 14.1 Å². The molecule has 0 aromatic carbocycles. The van der Waals surface area contributed by atoms with Crippen molar-refractivity contribution in [3.8, 4) is 0 Å². The van der Waals surface area contributed by atoms with E-state index >= 15 is 0 Å². The van der Waals surface area contributed by atoms with Gasteiger partial charge in [0.15, 0.2) is 0 Å². The van der Waals surface area contributed by atoms with E-state index in [0.717, 1.165) is 12.8 Å². The zero-order valence-corrected chi connectivity index (χ0v) is 7.05. The highest BCUT2D eigenvalue weighted by Gasteiger charge is 2.42. The average Bonchev–Trinajstić information content (AvgIpc) is 2.69. The van der Waals surface area contributed by atoms with Crippen molar-refractivity contribution in [1.29, 1.82) is 0 Å². The fourth-order valence-electron chi connectivity index (χ4n) is 0.870. The van der Waals surface area contributed by atoms with Gasteiger partial charge in [0.1, 0.15) is 0 Å². The largest absolute Gasteiger partial charge is 0.331 e. The molecule has 0 unspecified atom stereocenters. The van der Waals surface area contributed by atoms with Gasteiger partial charge in [0.05, 0.1) is 5.54 Å². The maximum Gasteiger partial charge on any atom is 0.317 e. The van der Waals surface area contributed by atoms with E-state index in [-0.39, 0.29) is 11.6 Å². The molecule has 1 fully saturated rings. The minimum atomic E-state index is -0.0681. The SMILES string of the molecule is CN(C)C(=O)NC1(CN)CC1. The number of nitrogens with zero attached hydrogens (tertiary/aromatic N) is 1. The second-order valence-corrected chi connectivity index (χ2v) is 3.31. The summed E-state index contributed by atoms with van der Waals surface area (Å²) in [6.07, 6.45) is 2.03. The van der Waals surface area contributed by atoms with Crippen LogP contribution >= 0.6 is 0 Å². The third kappa shape index (κ3) is 1.83. The van der Waals surface area contributed by atoms with E-state index in [0.29, 0.717) is 6.54 Å². The Morgan fingerprint density at radius 1 is 1.64 bits per heavy atom. The van der Waals surface area contributed by atoms with Crippen molar-refractivity contribution in [1.82, 2.24) is 10.2 Å². The van der Waals surface area contributed by atoms with Crippen LogP contribution in [-0.2, 0) is 0 Å². The van der Waals surface area contributed by atoms with Crippen LogP contribution in [0.2, 0.25) is 0 Å². The van der Waals surface area contributed by atoms with Crippen molar-refractivity contribution < 1.29 is 4.79 Å². The molecular weight excluding hydrogens is 142 g/mol. The highest BCUT2D eigenvalue weighted by molar-refractivity contribution is 5.75. The minimum absolute atomic E-state index is 0.0482. The van der Waals surface area contributed by atoms with Crippen LogP contribution in [0.1, 0.15) is 12.8 Å². The number of nitrogens with one attached hydrogen (secondary N) is 1. The summed E-state index contributed by atoms with van der Waals surface area (Å²) in [6, 6.07) is -0.0482. The van der Waals surface area contributed by atoms with Crippen molar-refractivity contribution in [2.24, 2.45) is 5.73 Å². The predicted molar refractivity (Wildman–Crippen MR) is 43.2 cm³/mol. The molecule has 0 radical (unpaired) electrons. The third-order valence-corrected chi connectivity index (χ3v) is 2.02. The molecule has 1 rings (SSSR count). The second kappa shape index (κ2) is 2.70. The number of amides is 2. The summed E-state index contributed by atoms with van der Waals surface area (Å²) in [5.41, 5.74) is 5.42. The zero-order chi connectivity index (χ0) is 8.48. The standard InChI is InChI=1S/C7H15N3O/c1-10(2)6(11)9-7(5-8)3-4-7/h3-5,8H2,1-2H3,(H,9,11). The van der Waals surface area contributed by atoms with Crippen molar-refractivity contribution in [3.63, 3.8) is 0 Å². The molecule has 4 heteroatoms. The molecule has 1 aliphatic rings. The fraction of sp³-hybridized carbons (Fsp3) is 0.857. The van der Waals surface area contributed by atoms with Crippen LogP contribution in [0.15, 0.2) is 0 Å². The molecule has 1 aliphatic carbocycles. The molecule has 0 saturated heterocycles. The Morgan fingerprint density at radius 3 is 2.45 bits per heavy atom. The van der Waals surface area contributed by atoms with Crippen LogP contribution in [0.5, 0.6) is 0 Å². The van der Waals surface area contributed by atoms with Crippen molar-refractivity contribution >= 4 is 6.03 Å². The van der Waals surface area contributed by atoms with Gasteiger partial charge in [-0.1, -0.05) is 0 Å². The Kier molecular flexibility index (Phi) is 2.04. The van der Waals surface area contributed by atoms with Crippen LogP contribution in [0.4, 0.5) is 4.79 Å². The van der Waals surface area contributed by atoms with Crippen LogP contribution in [0.25, 0.3) is 0 Å². The molecule has 64 valence electrons. The number of hydrogen-bond acceptors (Lipinski definition) is 2. The molecule has 0 bridgehead atoms. The number of carbonyl (C=O) groups excluding carboxylic acids is 1. The van der Waals surface area contributed by atoms with Gasteiger partial charge in [-0.2, -0.15) is 0 Å². The summed E-state index contributed by atoms with van der Waals surface area (Å²) in [6.45, 7) is 0.548. The van der Waals surface area contributed by atoms with E-state index in [1.165, 1.54) is 4.90 Å². The van der Waals surface area contributed by atoms with E-state index in [2.05, 4.69) is 5.32 Å². The van der Waals surface area contributed by atoms with Crippen molar-refractivity contribution in [3.05, 3.63) is 0 Å². The average molecular weight is 157 g/mol. The van der Waals surface area contributed by atoms with Crippen LogP contribution < -0.4 is 11.1 Å². The lowest BCUT2D eigenvalue weighted by Crippen LogP contribution is -2.46. The Morgan fingerprint density at radius 2 is 2.18 bits per heavy atom. The topological polar surface area (TPSA) is 58.4 Å². The molecule has 11 heavy (non-hydrogen) atoms. The predicted octanol–water partition coefficient (Wildman–Crippen LogP) is -0.251. The molecule has 0 aromatic heterocycles. The zero-order valence-electron chi connectivity index (χ0n) is 7.05. The monoisotopic (exact) mass is 157 g/mol. The van der Waals surface area contributed by atoms with Gasteiger partial charge in [0.25, 0.3) is 0 Å². The Hall–Kier alpha value is -0.770. The lowest BCUT2D eigenvalue weighted by Gasteiger charge is -2.18. The van der Waals surface area contributed by atoms with Gasteiger partial charge >= 0.3 is 6.03 Å². The third-order valence-electron chi connectivity index (χ3n) is 2.02. The summed E-state index contributed by atoms with van der Waals surface area (Å²) < 4.78 is 0. The summed E-state index contributed by atoms with van der Waals surface area (Å²) in [5.74, 6) is 0. The molecule has 0 aromatic rings. The molecule has 0 spiro atoms. The molecule has 2 amide bonds. The molecule has 0 aliphatic heterocycles. The molecule has 3 N–H and O–H groups in total. The van der Waals surface area contributed by atoms with Crippen LogP contribution in [0, 0.1) is 0 Å². The second-order valence-electron chi connectivity index (χ2n) is 3.31.